The van der Waals surface area contributed by atoms with E-state index in [0.29, 0.717) is 29.4 Å². The molecule has 0 aliphatic carbocycles. The van der Waals surface area contributed by atoms with Gasteiger partial charge in [-0.3, -0.25) is 4.79 Å². The summed E-state index contributed by atoms with van der Waals surface area (Å²) in [7, 11) is 1.54. The average Bonchev–Trinajstić information content (AvgIpc) is 2.67. The predicted molar refractivity (Wildman–Crippen MR) is 113 cm³/mol. The van der Waals surface area contributed by atoms with Gasteiger partial charge in [-0.1, -0.05) is 5.92 Å². The largest absolute Gasteiger partial charge is 0.494 e. The lowest BCUT2D eigenvalue weighted by atomic mass is 10.2. The van der Waals surface area contributed by atoms with E-state index in [4.69, 9.17) is 20.6 Å². The van der Waals surface area contributed by atoms with Crippen LogP contribution in [0.2, 0.25) is 0 Å². The standard InChI is InChI=1S/C20H19IN2O4/c1-4-10-27-19-17(21)11-14(12-18(19)25-3)13-22-23-20(24)15-6-8-16(9-7-15)26-5-2/h1,6-9,11-13H,5,10H2,2-3H3,(H,23,24)/b22-13+. The molecule has 2 rings (SSSR count). The minimum absolute atomic E-state index is 0.151. The van der Waals surface area contributed by atoms with Crippen molar-refractivity contribution in [2.24, 2.45) is 5.10 Å². The minimum Gasteiger partial charge on any atom is -0.494 e. The Morgan fingerprint density at radius 1 is 1.30 bits per heavy atom. The lowest BCUT2D eigenvalue weighted by molar-refractivity contribution is 0.0955. The second-order valence-corrected chi connectivity index (χ2v) is 6.35. The van der Waals surface area contributed by atoms with Crippen LogP contribution in [0.1, 0.15) is 22.8 Å². The first kappa shape index (κ1) is 20.6. The van der Waals surface area contributed by atoms with Crippen LogP contribution >= 0.6 is 22.6 Å². The Morgan fingerprint density at radius 3 is 2.67 bits per heavy atom. The van der Waals surface area contributed by atoms with Gasteiger partial charge in [-0.05, 0) is 71.5 Å². The van der Waals surface area contributed by atoms with Crippen molar-refractivity contribution in [2.45, 2.75) is 6.92 Å². The first-order valence-corrected chi connectivity index (χ1v) is 9.17. The summed E-state index contributed by atoms with van der Waals surface area (Å²) in [5, 5.41) is 4.00. The van der Waals surface area contributed by atoms with Crippen LogP contribution in [0.3, 0.4) is 0 Å². The van der Waals surface area contributed by atoms with Gasteiger partial charge in [0.05, 0.1) is 23.5 Å². The lowest BCUT2D eigenvalue weighted by Crippen LogP contribution is -2.17. The van der Waals surface area contributed by atoms with E-state index in [1.807, 2.05) is 13.0 Å². The molecule has 0 unspecified atom stereocenters. The second kappa shape index (κ2) is 10.4. The maximum absolute atomic E-state index is 12.1. The average molecular weight is 478 g/mol. The number of hydrazone groups is 1. The quantitative estimate of drug-likeness (QED) is 0.273. The van der Waals surface area contributed by atoms with E-state index in [1.54, 1.807) is 37.4 Å². The van der Waals surface area contributed by atoms with E-state index in [1.165, 1.54) is 6.21 Å². The van der Waals surface area contributed by atoms with Crippen LogP contribution in [-0.2, 0) is 0 Å². The molecule has 2 aromatic carbocycles. The van der Waals surface area contributed by atoms with Gasteiger partial charge < -0.3 is 14.2 Å². The molecule has 27 heavy (non-hydrogen) atoms. The van der Waals surface area contributed by atoms with E-state index in [0.717, 1.165) is 9.13 Å². The zero-order valence-electron chi connectivity index (χ0n) is 15.0. The van der Waals surface area contributed by atoms with Gasteiger partial charge in [-0.15, -0.1) is 6.42 Å². The molecule has 0 aromatic heterocycles. The SMILES string of the molecule is C#CCOc1c(I)cc(/C=N/NC(=O)c2ccc(OCC)cc2)cc1OC. The van der Waals surface area contributed by atoms with Crippen LogP contribution in [0.25, 0.3) is 0 Å². The third kappa shape index (κ3) is 5.89. The number of halogens is 1. The summed E-state index contributed by atoms with van der Waals surface area (Å²) in [5.74, 6) is 3.93. The summed E-state index contributed by atoms with van der Waals surface area (Å²) >= 11 is 2.12. The molecule has 140 valence electrons. The summed E-state index contributed by atoms with van der Waals surface area (Å²) in [4.78, 5) is 12.1. The molecular weight excluding hydrogens is 459 g/mol. The predicted octanol–water partition coefficient (Wildman–Crippen LogP) is 3.47. The van der Waals surface area contributed by atoms with Crippen LogP contribution in [0, 0.1) is 15.9 Å². The molecule has 0 aliphatic rings. The molecule has 0 heterocycles. The zero-order chi connectivity index (χ0) is 19.6. The number of methoxy groups -OCH3 is 1. The maximum Gasteiger partial charge on any atom is 0.271 e. The van der Waals surface area contributed by atoms with Crippen molar-refractivity contribution in [2.75, 3.05) is 20.3 Å². The van der Waals surface area contributed by atoms with Crippen LogP contribution in [0.5, 0.6) is 17.2 Å². The Kier molecular flexibility index (Phi) is 7.95. The van der Waals surface area contributed by atoms with Gasteiger partial charge in [0.25, 0.3) is 5.91 Å². The molecular formula is C20H19IN2O4. The van der Waals surface area contributed by atoms with E-state index in [2.05, 4.69) is 39.0 Å². The van der Waals surface area contributed by atoms with Crippen LogP contribution in [-0.4, -0.2) is 32.4 Å². The molecule has 0 spiro atoms. The van der Waals surface area contributed by atoms with Crippen LogP contribution < -0.4 is 19.6 Å². The van der Waals surface area contributed by atoms with Crippen molar-refractivity contribution in [3.63, 3.8) is 0 Å². The highest BCUT2D eigenvalue weighted by atomic mass is 127. The fraction of sp³-hybridized carbons (Fsp3) is 0.200. The van der Waals surface area contributed by atoms with E-state index in [9.17, 15) is 4.79 Å². The summed E-state index contributed by atoms with van der Waals surface area (Å²) in [5.41, 5.74) is 3.73. The van der Waals surface area contributed by atoms with E-state index in [-0.39, 0.29) is 12.5 Å². The fourth-order valence-corrected chi connectivity index (χ4v) is 2.95. The molecule has 6 nitrogen and oxygen atoms in total. The summed E-state index contributed by atoms with van der Waals surface area (Å²) in [6.45, 7) is 2.63. The van der Waals surface area contributed by atoms with Crippen molar-refractivity contribution >= 4 is 34.7 Å². The Hall–Kier alpha value is -2.73. The number of nitrogens with zero attached hydrogens (tertiary/aromatic N) is 1. The number of carbonyl (C=O) groups is 1. The summed E-state index contributed by atoms with van der Waals surface area (Å²) in [6, 6.07) is 10.4. The van der Waals surface area contributed by atoms with Crippen LogP contribution in [0.15, 0.2) is 41.5 Å². The lowest BCUT2D eigenvalue weighted by Gasteiger charge is -2.11. The maximum atomic E-state index is 12.1. The first-order valence-electron chi connectivity index (χ1n) is 8.09. The highest BCUT2D eigenvalue weighted by Gasteiger charge is 2.11. The van der Waals surface area contributed by atoms with Crippen molar-refractivity contribution in [3.05, 3.63) is 51.1 Å². The molecule has 0 fully saturated rings. The number of hydrogen-bond acceptors (Lipinski definition) is 5. The Labute approximate surface area is 172 Å². The number of terminal acetylenes is 1. The van der Waals surface area contributed by atoms with Gasteiger partial charge in [0.15, 0.2) is 11.5 Å². The molecule has 0 saturated heterocycles. The fourth-order valence-electron chi connectivity index (χ4n) is 2.17. The zero-order valence-corrected chi connectivity index (χ0v) is 17.1. The summed E-state index contributed by atoms with van der Waals surface area (Å²) < 4.78 is 17.0. The van der Waals surface area contributed by atoms with Gasteiger partial charge in [0.1, 0.15) is 12.4 Å². The molecule has 1 N–H and O–H groups in total. The van der Waals surface area contributed by atoms with Gasteiger partial charge in [0.2, 0.25) is 0 Å². The number of hydrogen-bond donors (Lipinski definition) is 1. The summed E-state index contributed by atoms with van der Waals surface area (Å²) in [6.07, 6.45) is 6.76. The number of nitrogens with one attached hydrogen (secondary N) is 1. The molecule has 2 aromatic rings. The monoisotopic (exact) mass is 478 g/mol. The molecule has 0 atom stereocenters. The second-order valence-electron chi connectivity index (χ2n) is 5.18. The third-order valence-electron chi connectivity index (χ3n) is 3.36. The van der Waals surface area contributed by atoms with Crippen molar-refractivity contribution in [1.82, 2.24) is 5.43 Å². The van der Waals surface area contributed by atoms with Crippen molar-refractivity contribution < 1.29 is 19.0 Å². The van der Waals surface area contributed by atoms with Crippen molar-refractivity contribution in [3.8, 4) is 29.6 Å². The Morgan fingerprint density at radius 2 is 2.04 bits per heavy atom. The van der Waals surface area contributed by atoms with Crippen molar-refractivity contribution in [1.29, 1.82) is 0 Å². The van der Waals surface area contributed by atoms with Gasteiger partial charge in [-0.2, -0.15) is 5.10 Å². The van der Waals surface area contributed by atoms with E-state index >= 15 is 0 Å². The molecule has 0 radical (unpaired) electrons. The first-order chi connectivity index (χ1) is 13.1. The Bertz CT molecular complexity index is 858. The molecule has 7 heteroatoms. The van der Waals surface area contributed by atoms with Gasteiger partial charge >= 0.3 is 0 Å². The molecule has 0 aliphatic heterocycles. The highest BCUT2D eigenvalue weighted by molar-refractivity contribution is 14.1. The normalized spacial score (nSPS) is 10.3. The van der Waals surface area contributed by atoms with E-state index < -0.39 is 0 Å². The number of benzene rings is 2. The number of amides is 1. The number of ether oxygens (including phenoxy) is 3. The molecule has 0 bridgehead atoms. The highest BCUT2D eigenvalue weighted by Crippen LogP contribution is 2.33. The number of rotatable bonds is 8. The molecule has 1 amide bonds. The van der Waals surface area contributed by atoms with Crippen LogP contribution in [0.4, 0.5) is 0 Å². The Balaban J connectivity index is 2.05. The van der Waals surface area contributed by atoms with Gasteiger partial charge in [0, 0.05) is 5.56 Å². The minimum atomic E-state index is -0.315. The number of carbonyl (C=O) groups excluding carboxylic acids is 1. The third-order valence-corrected chi connectivity index (χ3v) is 4.16. The smallest absolute Gasteiger partial charge is 0.271 e. The molecule has 0 saturated carbocycles. The van der Waals surface area contributed by atoms with Gasteiger partial charge in [-0.25, -0.2) is 5.43 Å². The topological polar surface area (TPSA) is 69.2 Å².